The Hall–Kier alpha value is -2.12. The third-order valence-corrected chi connectivity index (χ3v) is 4.49. The van der Waals surface area contributed by atoms with Gasteiger partial charge in [-0.1, -0.05) is 0 Å². The van der Waals surface area contributed by atoms with Crippen LogP contribution in [0, 0.1) is 0 Å². The van der Waals surface area contributed by atoms with Crippen LogP contribution in [0.4, 0.5) is 0 Å². The summed E-state index contributed by atoms with van der Waals surface area (Å²) < 4.78 is 25.8. The molecule has 2 heterocycles. The zero-order valence-electron chi connectivity index (χ0n) is 10.0. The van der Waals surface area contributed by atoms with E-state index in [2.05, 4.69) is 14.7 Å². The summed E-state index contributed by atoms with van der Waals surface area (Å²) in [5, 5.41) is 1.41. The number of aromatic amines is 2. The molecule has 6 nitrogen and oxygen atoms in total. The van der Waals surface area contributed by atoms with E-state index >= 15 is 0 Å². The highest BCUT2D eigenvalue weighted by Gasteiger charge is 2.14. The topological polar surface area (TPSA) is 94.8 Å². The van der Waals surface area contributed by atoms with Gasteiger partial charge in [0.25, 0.3) is 5.56 Å². The third-order valence-electron chi connectivity index (χ3n) is 3.08. The van der Waals surface area contributed by atoms with Gasteiger partial charge in [-0.25, -0.2) is 13.1 Å². The average molecular weight is 277 g/mol. The smallest absolute Gasteiger partial charge is 0.272 e. The summed E-state index contributed by atoms with van der Waals surface area (Å²) in [7, 11) is -2.14. The molecule has 0 amide bonds. The van der Waals surface area contributed by atoms with Crippen molar-refractivity contribution in [2.75, 3.05) is 7.05 Å². The standard InChI is InChI=1S/C12H11N3O3S/c1-13-19(17,18)7-2-3-10-9(6-7)8-4-5-14-12(16)11(8)15-10/h2-6,13,15H,1H3,(H,14,16). The predicted octanol–water partition coefficient (Wildman–Crippen LogP) is 0.917. The summed E-state index contributed by atoms with van der Waals surface area (Å²) >= 11 is 0. The Morgan fingerprint density at radius 1 is 1.16 bits per heavy atom. The SMILES string of the molecule is CNS(=O)(=O)c1ccc2[nH]c3c(=O)[nH]ccc3c2c1. The van der Waals surface area contributed by atoms with Gasteiger partial charge in [0.05, 0.1) is 4.90 Å². The lowest BCUT2D eigenvalue weighted by Gasteiger charge is -2.02. The molecule has 7 heteroatoms. The summed E-state index contributed by atoms with van der Waals surface area (Å²) in [6, 6.07) is 6.45. The minimum absolute atomic E-state index is 0.170. The number of sulfonamides is 1. The van der Waals surface area contributed by atoms with Gasteiger partial charge in [-0.15, -0.1) is 0 Å². The van der Waals surface area contributed by atoms with Crippen molar-refractivity contribution < 1.29 is 8.42 Å². The van der Waals surface area contributed by atoms with Crippen molar-refractivity contribution >= 4 is 31.8 Å². The lowest BCUT2D eigenvalue weighted by molar-refractivity contribution is 0.588. The van der Waals surface area contributed by atoms with Crippen LogP contribution in [0.25, 0.3) is 21.8 Å². The van der Waals surface area contributed by atoms with Gasteiger partial charge in [-0.05, 0) is 31.3 Å². The van der Waals surface area contributed by atoms with E-state index in [1.165, 1.54) is 19.3 Å². The lowest BCUT2D eigenvalue weighted by Crippen LogP contribution is -2.18. The van der Waals surface area contributed by atoms with Gasteiger partial charge in [0.1, 0.15) is 5.52 Å². The van der Waals surface area contributed by atoms with Crippen molar-refractivity contribution in [3.8, 4) is 0 Å². The minimum atomic E-state index is -3.50. The molecule has 0 aliphatic carbocycles. The quantitative estimate of drug-likeness (QED) is 0.650. The molecular formula is C12H11N3O3S. The fourth-order valence-electron chi connectivity index (χ4n) is 2.10. The highest BCUT2D eigenvalue weighted by molar-refractivity contribution is 7.89. The number of fused-ring (bicyclic) bond motifs is 3. The van der Waals surface area contributed by atoms with Crippen LogP contribution in [0.5, 0.6) is 0 Å². The summed E-state index contributed by atoms with van der Waals surface area (Å²) in [6.45, 7) is 0. The monoisotopic (exact) mass is 277 g/mol. The molecule has 0 fully saturated rings. The molecule has 0 aliphatic rings. The predicted molar refractivity (Wildman–Crippen MR) is 72.7 cm³/mol. The fraction of sp³-hybridized carbons (Fsp3) is 0.0833. The molecule has 3 N–H and O–H groups in total. The number of rotatable bonds is 2. The Balaban J connectivity index is 2.43. The van der Waals surface area contributed by atoms with Crippen LogP contribution >= 0.6 is 0 Å². The summed E-state index contributed by atoms with van der Waals surface area (Å²) in [5.74, 6) is 0. The largest absolute Gasteiger partial charge is 0.350 e. The van der Waals surface area contributed by atoms with Gasteiger partial charge < -0.3 is 9.97 Å². The van der Waals surface area contributed by atoms with Gasteiger partial charge in [0.2, 0.25) is 10.0 Å². The van der Waals surface area contributed by atoms with E-state index in [0.717, 1.165) is 5.52 Å². The Bertz CT molecular complexity index is 938. The maximum absolute atomic E-state index is 11.8. The van der Waals surface area contributed by atoms with Crippen LogP contribution in [-0.2, 0) is 10.0 Å². The molecule has 1 aromatic carbocycles. The Morgan fingerprint density at radius 2 is 1.95 bits per heavy atom. The third kappa shape index (κ3) is 1.74. The van der Waals surface area contributed by atoms with Crippen LogP contribution in [0.1, 0.15) is 0 Å². The second kappa shape index (κ2) is 3.94. The second-order valence-electron chi connectivity index (χ2n) is 4.14. The minimum Gasteiger partial charge on any atom is -0.350 e. The molecule has 0 bridgehead atoms. The zero-order chi connectivity index (χ0) is 13.6. The molecule has 0 unspecified atom stereocenters. The normalized spacial score (nSPS) is 12.3. The van der Waals surface area contributed by atoms with Crippen molar-refractivity contribution in [1.29, 1.82) is 0 Å². The molecule has 0 spiro atoms. The van der Waals surface area contributed by atoms with Crippen LogP contribution < -0.4 is 10.3 Å². The molecule has 2 aromatic heterocycles. The molecule has 0 saturated carbocycles. The molecular weight excluding hydrogens is 266 g/mol. The van der Waals surface area contributed by atoms with Crippen molar-refractivity contribution in [3.05, 3.63) is 40.8 Å². The summed E-state index contributed by atoms with van der Waals surface area (Å²) in [6.07, 6.45) is 1.54. The highest BCUT2D eigenvalue weighted by atomic mass is 32.2. The van der Waals surface area contributed by atoms with E-state index in [1.54, 1.807) is 18.2 Å². The van der Waals surface area contributed by atoms with Crippen molar-refractivity contribution in [2.24, 2.45) is 0 Å². The maximum Gasteiger partial charge on any atom is 0.272 e. The number of hydrogen-bond acceptors (Lipinski definition) is 3. The Labute approximate surface area is 108 Å². The molecule has 0 atom stereocenters. The van der Waals surface area contributed by atoms with E-state index in [9.17, 15) is 13.2 Å². The molecule has 19 heavy (non-hydrogen) atoms. The highest BCUT2D eigenvalue weighted by Crippen LogP contribution is 2.25. The number of benzene rings is 1. The van der Waals surface area contributed by atoms with Gasteiger partial charge in [-0.3, -0.25) is 4.79 Å². The number of aromatic nitrogens is 2. The summed E-state index contributed by atoms with van der Waals surface area (Å²) in [5.41, 5.74) is 0.935. The zero-order valence-corrected chi connectivity index (χ0v) is 10.8. The van der Waals surface area contributed by atoms with E-state index in [4.69, 9.17) is 0 Å². The van der Waals surface area contributed by atoms with Crippen molar-refractivity contribution in [2.45, 2.75) is 4.90 Å². The number of pyridine rings is 1. The second-order valence-corrected chi connectivity index (χ2v) is 6.02. The van der Waals surface area contributed by atoms with Crippen LogP contribution in [0.15, 0.2) is 40.2 Å². The molecule has 0 aliphatic heterocycles. The first kappa shape index (κ1) is 11.9. The Morgan fingerprint density at radius 3 is 2.68 bits per heavy atom. The molecule has 3 rings (SSSR count). The first-order valence-corrected chi connectivity index (χ1v) is 7.08. The maximum atomic E-state index is 11.8. The lowest BCUT2D eigenvalue weighted by atomic mass is 10.2. The molecule has 3 aromatic rings. The fourth-order valence-corrected chi connectivity index (χ4v) is 2.86. The van der Waals surface area contributed by atoms with Crippen LogP contribution in [0.2, 0.25) is 0 Å². The first-order chi connectivity index (χ1) is 9.03. The van der Waals surface area contributed by atoms with Crippen LogP contribution in [-0.4, -0.2) is 25.4 Å². The summed E-state index contributed by atoms with van der Waals surface area (Å²) in [4.78, 5) is 17.4. The first-order valence-electron chi connectivity index (χ1n) is 5.59. The Kier molecular flexibility index (Phi) is 2.48. The van der Waals surface area contributed by atoms with E-state index in [1.807, 2.05) is 0 Å². The van der Waals surface area contributed by atoms with Gasteiger partial charge in [0, 0.05) is 22.5 Å². The van der Waals surface area contributed by atoms with E-state index < -0.39 is 10.0 Å². The van der Waals surface area contributed by atoms with Gasteiger partial charge in [-0.2, -0.15) is 0 Å². The average Bonchev–Trinajstić information content (AvgIpc) is 2.78. The van der Waals surface area contributed by atoms with Gasteiger partial charge in [0.15, 0.2) is 0 Å². The van der Waals surface area contributed by atoms with Crippen molar-refractivity contribution in [3.63, 3.8) is 0 Å². The number of hydrogen-bond donors (Lipinski definition) is 3. The molecule has 0 radical (unpaired) electrons. The van der Waals surface area contributed by atoms with Crippen LogP contribution in [0.3, 0.4) is 0 Å². The van der Waals surface area contributed by atoms with E-state index in [-0.39, 0.29) is 10.5 Å². The van der Waals surface area contributed by atoms with E-state index in [0.29, 0.717) is 16.3 Å². The number of H-pyrrole nitrogens is 2. The number of nitrogens with one attached hydrogen (secondary N) is 3. The molecule has 98 valence electrons. The van der Waals surface area contributed by atoms with Crippen molar-refractivity contribution in [1.82, 2.24) is 14.7 Å². The molecule has 0 saturated heterocycles. The van der Waals surface area contributed by atoms with Gasteiger partial charge >= 0.3 is 0 Å².